The maximum absolute atomic E-state index is 5.73. The molecular formula is C23H22BrN3. The predicted molar refractivity (Wildman–Crippen MR) is 117 cm³/mol. The number of hydrogen-bond acceptors (Lipinski definition) is 2. The number of H-pyrrole nitrogens is 1. The first kappa shape index (κ1) is 18.0. The zero-order valence-corrected chi connectivity index (χ0v) is 16.7. The summed E-state index contributed by atoms with van der Waals surface area (Å²) in [7, 11) is 0. The number of unbranched alkanes of at least 4 members (excludes halogenated alkanes) is 1. The number of benzene rings is 2. The first-order chi connectivity index (χ1) is 13.3. The molecule has 0 spiro atoms. The van der Waals surface area contributed by atoms with Crippen LogP contribution in [0.15, 0.2) is 71.5 Å². The van der Waals surface area contributed by atoms with Gasteiger partial charge in [-0.2, -0.15) is 0 Å². The molecule has 27 heavy (non-hydrogen) atoms. The number of rotatable bonds is 6. The number of aromatic amines is 1. The van der Waals surface area contributed by atoms with Crippen molar-refractivity contribution in [3.05, 3.63) is 77.0 Å². The molecule has 0 bridgehead atoms. The van der Waals surface area contributed by atoms with Crippen LogP contribution in [0.4, 0.5) is 0 Å². The van der Waals surface area contributed by atoms with Gasteiger partial charge in [0, 0.05) is 33.3 Å². The summed E-state index contributed by atoms with van der Waals surface area (Å²) in [6.45, 7) is 0.728. The molecule has 0 saturated carbocycles. The van der Waals surface area contributed by atoms with Crippen LogP contribution in [-0.4, -0.2) is 16.5 Å². The highest BCUT2D eigenvalue weighted by molar-refractivity contribution is 9.10. The molecule has 2 aromatic heterocycles. The SMILES string of the molecule is NCCCCc1c(-c2cncc(Br)c2)[nH]c2ccc(-c3ccccc3)cc12. The van der Waals surface area contributed by atoms with Gasteiger partial charge < -0.3 is 10.7 Å². The molecule has 0 amide bonds. The normalized spacial score (nSPS) is 11.2. The van der Waals surface area contributed by atoms with Gasteiger partial charge in [-0.05, 0) is 76.6 Å². The van der Waals surface area contributed by atoms with Gasteiger partial charge in [0.25, 0.3) is 0 Å². The van der Waals surface area contributed by atoms with Crippen LogP contribution < -0.4 is 5.73 Å². The van der Waals surface area contributed by atoms with Crippen molar-refractivity contribution < 1.29 is 0 Å². The van der Waals surface area contributed by atoms with Gasteiger partial charge in [0.1, 0.15) is 0 Å². The molecule has 2 aromatic carbocycles. The minimum absolute atomic E-state index is 0.728. The van der Waals surface area contributed by atoms with E-state index in [0.29, 0.717) is 0 Å². The number of aryl methyl sites for hydroxylation is 1. The monoisotopic (exact) mass is 419 g/mol. The highest BCUT2D eigenvalue weighted by atomic mass is 79.9. The maximum atomic E-state index is 5.73. The molecule has 0 aliphatic heterocycles. The second-order valence-electron chi connectivity index (χ2n) is 6.74. The summed E-state index contributed by atoms with van der Waals surface area (Å²) in [4.78, 5) is 7.97. The standard InChI is InChI=1S/C23H22BrN3/c24-19-12-18(14-26-15-19)23-20(8-4-5-11-25)21-13-17(9-10-22(21)27-23)16-6-2-1-3-7-16/h1-3,6-7,9-10,12-15,27H,4-5,8,11,25H2. The van der Waals surface area contributed by atoms with E-state index in [9.17, 15) is 0 Å². The van der Waals surface area contributed by atoms with E-state index < -0.39 is 0 Å². The quantitative estimate of drug-likeness (QED) is 0.379. The summed E-state index contributed by atoms with van der Waals surface area (Å²) in [6, 6.07) is 19.3. The highest BCUT2D eigenvalue weighted by Crippen LogP contribution is 2.34. The summed E-state index contributed by atoms with van der Waals surface area (Å²) in [6.07, 6.45) is 6.83. The van der Waals surface area contributed by atoms with Gasteiger partial charge in [-0.15, -0.1) is 0 Å². The lowest BCUT2D eigenvalue weighted by molar-refractivity contribution is 0.748. The van der Waals surface area contributed by atoms with Gasteiger partial charge in [-0.1, -0.05) is 36.4 Å². The molecule has 2 heterocycles. The third-order valence-electron chi connectivity index (χ3n) is 4.89. The molecule has 0 atom stereocenters. The number of fused-ring (bicyclic) bond motifs is 1. The van der Waals surface area contributed by atoms with Crippen molar-refractivity contribution >= 4 is 26.8 Å². The van der Waals surface area contributed by atoms with Gasteiger partial charge >= 0.3 is 0 Å². The minimum atomic E-state index is 0.728. The Bertz CT molecular complexity index is 1050. The third-order valence-corrected chi connectivity index (χ3v) is 5.32. The molecule has 0 unspecified atom stereocenters. The van der Waals surface area contributed by atoms with E-state index in [1.54, 1.807) is 0 Å². The van der Waals surface area contributed by atoms with E-state index in [2.05, 4.69) is 80.5 Å². The summed E-state index contributed by atoms with van der Waals surface area (Å²) in [5, 5.41) is 1.28. The largest absolute Gasteiger partial charge is 0.354 e. The van der Waals surface area contributed by atoms with Crippen molar-refractivity contribution in [1.82, 2.24) is 9.97 Å². The Morgan fingerprint density at radius 2 is 1.74 bits per heavy atom. The number of nitrogens with zero attached hydrogens (tertiary/aromatic N) is 1. The van der Waals surface area contributed by atoms with Crippen LogP contribution in [0.3, 0.4) is 0 Å². The van der Waals surface area contributed by atoms with E-state index in [4.69, 9.17) is 5.73 Å². The number of hydrogen-bond donors (Lipinski definition) is 2. The first-order valence-corrected chi connectivity index (χ1v) is 10.1. The Morgan fingerprint density at radius 1 is 0.889 bits per heavy atom. The first-order valence-electron chi connectivity index (χ1n) is 9.27. The van der Waals surface area contributed by atoms with Gasteiger partial charge in [-0.3, -0.25) is 4.98 Å². The molecule has 4 aromatic rings. The Morgan fingerprint density at radius 3 is 2.52 bits per heavy atom. The van der Waals surface area contributed by atoms with Crippen molar-refractivity contribution in [1.29, 1.82) is 0 Å². The molecule has 4 heteroatoms. The van der Waals surface area contributed by atoms with Gasteiger partial charge in [-0.25, -0.2) is 0 Å². The average Bonchev–Trinajstić information content (AvgIpc) is 3.07. The Kier molecular flexibility index (Phi) is 5.37. The smallest absolute Gasteiger partial charge is 0.0513 e. The lowest BCUT2D eigenvalue weighted by Crippen LogP contribution is -1.99. The van der Waals surface area contributed by atoms with Crippen LogP contribution in [0.1, 0.15) is 18.4 Å². The van der Waals surface area contributed by atoms with Crippen molar-refractivity contribution in [3.63, 3.8) is 0 Å². The van der Waals surface area contributed by atoms with Crippen LogP contribution in [0, 0.1) is 0 Å². The van der Waals surface area contributed by atoms with E-state index >= 15 is 0 Å². The molecular weight excluding hydrogens is 398 g/mol. The van der Waals surface area contributed by atoms with Crippen LogP contribution in [0.5, 0.6) is 0 Å². The number of aromatic nitrogens is 2. The number of nitrogens with one attached hydrogen (secondary N) is 1. The van der Waals surface area contributed by atoms with E-state index in [-0.39, 0.29) is 0 Å². The zero-order chi connectivity index (χ0) is 18.6. The molecule has 0 radical (unpaired) electrons. The molecule has 0 fully saturated rings. The van der Waals surface area contributed by atoms with Crippen LogP contribution in [0.25, 0.3) is 33.3 Å². The van der Waals surface area contributed by atoms with Crippen molar-refractivity contribution in [2.24, 2.45) is 5.73 Å². The van der Waals surface area contributed by atoms with E-state index in [1.165, 1.54) is 22.1 Å². The van der Waals surface area contributed by atoms with Crippen molar-refractivity contribution in [3.8, 4) is 22.4 Å². The van der Waals surface area contributed by atoms with Crippen LogP contribution in [0.2, 0.25) is 0 Å². The average molecular weight is 420 g/mol. The van der Waals surface area contributed by atoms with Crippen molar-refractivity contribution in [2.45, 2.75) is 19.3 Å². The Balaban J connectivity index is 1.86. The summed E-state index contributed by atoms with van der Waals surface area (Å²) < 4.78 is 0.983. The number of pyridine rings is 1. The predicted octanol–water partition coefficient (Wildman–Crippen LogP) is 5.94. The lowest BCUT2D eigenvalue weighted by atomic mass is 9.98. The minimum Gasteiger partial charge on any atom is -0.354 e. The van der Waals surface area contributed by atoms with E-state index in [0.717, 1.165) is 47.1 Å². The molecule has 0 saturated heterocycles. The van der Waals surface area contributed by atoms with Crippen molar-refractivity contribution in [2.75, 3.05) is 6.54 Å². The molecule has 136 valence electrons. The number of nitrogens with two attached hydrogens (primary N) is 1. The highest BCUT2D eigenvalue weighted by Gasteiger charge is 2.14. The topological polar surface area (TPSA) is 54.7 Å². The molecule has 3 N–H and O–H groups in total. The second kappa shape index (κ2) is 8.07. The molecule has 0 aliphatic rings. The van der Waals surface area contributed by atoms with Gasteiger partial charge in [0.05, 0.1) is 5.69 Å². The fourth-order valence-electron chi connectivity index (χ4n) is 3.56. The molecule has 0 aliphatic carbocycles. The summed E-state index contributed by atoms with van der Waals surface area (Å²) in [5.74, 6) is 0. The lowest BCUT2D eigenvalue weighted by Gasteiger charge is -2.06. The number of halogens is 1. The molecule has 3 nitrogen and oxygen atoms in total. The van der Waals surface area contributed by atoms with Crippen LogP contribution in [-0.2, 0) is 6.42 Å². The zero-order valence-electron chi connectivity index (χ0n) is 15.1. The summed E-state index contributed by atoms with van der Waals surface area (Å²) in [5.41, 5.74) is 13.0. The third kappa shape index (κ3) is 3.82. The second-order valence-corrected chi connectivity index (χ2v) is 7.66. The Labute approximate surface area is 167 Å². The van der Waals surface area contributed by atoms with Gasteiger partial charge in [0.15, 0.2) is 0 Å². The van der Waals surface area contributed by atoms with Crippen LogP contribution >= 0.6 is 15.9 Å². The summed E-state index contributed by atoms with van der Waals surface area (Å²) >= 11 is 3.54. The maximum Gasteiger partial charge on any atom is 0.0513 e. The molecule has 4 rings (SSSR count). The van der Waals surface area contributed by atoms with E-state index in [1.807, 2.05) is 12.4 Å². The fourth-order valence-corrected chi connectivity index (χ4v) is 3.92. The van der Waals surface area contributed by atoms with Gasteiger partial charge in [0.2, 0.25) is 0 Å². The fraction of sp³-hybridized carbons (Fsp3) is 0.174. The Hall–Kier alpha value is -2.43.